The largest absolute Gasteiger partial charge is 0.451 e. The summed E-state index contributed by atoms with van der Waals surface area (Å²) in [5.41, 5.74) is 2.58. The van der Waals surface area contributed by atoms with Gasteiger partial charge in [-0.3, -0.25) is 14.9 Å². The molecule has 2 heterocycles. The molecule has 0 unspecified atom stereocenters. The zero-order valence-corrected chi connectivity index (χ0v) is 17.6. The third-order valence-corrected chi connectivity index (χ3v) is 5.15. The third kappa shape index (κ3) is 4.07. The average molecular weight is 460 g/mol. The monoisotopic (exact) mass is 459 g/mol. The number of hydrogen-bond donors (Lipinski definition) is 1. The third-order valence-electron chi connectivity index (χ3n) is 4.91. The van der Waals surface area contributed by atoms with Gasteiger partial charge >= 0.3 is 0 Å². The normalized spacial score (nSPS) is 10.9. The van der Waals surface area contributed by atoms with Gasteiger partial charge in [-0.15, -0.1) is 0 Å². The lowest BCUT2D eigenvalue weighted by molar-refractivity contribution is -0.384. The zero-order chi connectivity index (χ0) is 22.9. The molecular formula is C24H14ClN3O5. The van der Waals surface area contributed by atoms with E-state index in [0.717, 1.165) is 0 Å². The Hall–Kier alpha value is -4.43. The molecule has 5 aromatic rings. The topological polar surface area (TPSA) is 111 Å². The summed E-state index contributed by atoms with van der Waals surface area (Å²) in [6, 6.07) is 21.3. The van der Waals surface area contributed by atoms with Crippen LogP contribution in [-0.2, 0) is 0 Å². The summed E-state index contributed by atoms with van der Waals surface area (Å²) in [4.78, 5) is 27.9. The van der Waals surface area contributed by atoms with Gasteiger partial charge in [-0.2, -0.15) is 0 Å². The van der Waals surface area contributed by atoms with E-state index in [0.29, 0.717) is 38.8 Å². The number of nitro benzene ring substituents is 1. The standard InChI is InChI=1S/C24H14ClN3O5/c25-15-8-9-21-18(13-15)27-24(33-21)14-4-3-5-16(12-14)26-23(29)22-11-10-20(32-22)17-6-1-2-7-19(17)28(30)31/h1-13H,(H,26,29). The number of rotatable bonds is 5. The molecule has 0 spiro atoms. The smallest absolute Gasteiger partial charge is 0.291 e. The number of nitrogens with zero attached hydrogens (tertiary/aromatic N) is 2. The van der Waals surface area contributed by atoms with E-state index in [2.05, 4.69) is 10.3 Å². The lowest BCUT2D eigenvalue weighted by Crippen LogP contribution is -2.10. The molecule has 0 bridgehead atoms. The van der Waals surface area contributed by atoms with Crippen molar-refractivity contribution >= 4 is 40.0 Å². The van der Waals surface area contributed by atoms with Crippen LogP contribution >= 0.6 is 11.6 Å². The van der Waals surface area contributed by atoms with Crippen LogP contribution in [0.3, 0.4) is 0 Å². The lowest BCUT2D eigenvalue weighted by atomic mass is 10.1. The van der Waals surface area contributed by atoms with Gasteiger partial charge in [-0.1, -0.05) is 29.8 Å². The Balaban J connectivity index is 1.38. The van der Waals surface area contributed by atoms with Crippen LogP contribution in [0.15, 0.2) is 87.7 Å². The Bertz CT molecular complexity index is 1520. The first-order valence-electron chi connectivity index (χ1n) is 9.79. The minimum atomic E-state index is -0.499. The van der Waals surface area contributed by atoms with Crippen molar-refractivity contribution in [2.75, 3.05) is 5.32 Å². The fraction of sp³-hybridized carbons (Fsp3) is 0. The molecule has 162 valence electrons. The van der Waals surface area contributed by atoms with Crippen LogP contribution in [0.25, 0.3) is 33.9 Å². The Morgan fingerprint density at radius 2 is 1.82 bits per heavy atom. The molecule has 2 aromatic heterocycles. The molecule has 33 heavy (non-hydrogen) atoms. The van der Waals surface area contributed by atoms with Crippen LogP contribution in [0, 0.1) is 10.1 Å². The molecule has 0 aliphatic heterocycles. The molecule has 0 saturated heterocycles. The van der Waals surface area contributed by atoms with E-state index in [1.54, 1.807) is 54.6 Å². The van der Waals surface area contributed by atoms with Gasteiger partial charge in [0.05, 0.1) is 10.5 Å². The number of nitro groups is 1. The second-order valence-electron chi connectivity index (χ2n) is 7.10. The summed E-state index contributed by atoms with van der Waals surface area (Å²) in [5, 5.41) is 14.6. The van der Waals surface area contributed by atoms with E-state index < -0.39 is 10.8 Å². The number of nitrogens with one attached hydrogen (secondary N) is 1. The SMILES string of the molecule is O=C(Nc1cccc(-c2nc3cc(Cl)ccc3o2)c1)c1ccc(-c2ccccc2[N+](=O)[O-])o1. The van der Waals surface area contributed by atoms with Gasteiger partial charge in [0, 0.05) is 22.3 Å². The van der Waals surface area contributed by atoms with E-state index >= 15 is 0 Å². The molecule has 0 aliphatic rings. The Kier molecular flexibility index (Phi) is 5.12. The van der Waals surface area contributed by atoms with Gasteiger partial charge in [-0.25, -0.2) is 4.98 Å². The fourth-order valence-corrected chi connectivity index (χ4v) is 3.56. The molecule has 0 aliphatic carbocycles. The van der Waals surface area contributed by atoms with Crippen LogP contribution in [0.5, 0.6) is 0 Å². The number of oxazole rings is 1. The molecule has 9 heteroatoms. The number of amides is 1. The van der Waals surface area contributed by atoms with Crippen LogP contribution < -0.4 is 5.32 Å². The van der Waals surface area contributed by atoms with Crippen molar-refractivity contribution in [2.24, 2.45) is 0 Å². The van der Waals surface area contributed by atoms with E-state index in [4.69, 9.17) is 20.4 Å². The molecular weight excluding hydrogens is 446 g/mol. The van der Waals surface area contributed by atoms with Crippen LogP contribution in [-0.4, -0.2) is 15.8 Å². The summed E-state index contributed by atoms with van der Waals surface area (Å²) in [7, 11) is 0. The molecule has 5 rings (SSSR count). The summed E-state index contributed by atoms with van der Waals surface area (Å²) in [6.45, 7) is 0. The highest BCUT2D eigenvalue weighted by atomic mass is 35.5. The summed E-state index contributed by atoms with van der Waals surface area (Å²) < 4.78 is 11.4. The summed E-state index contributed by atoms with van der Waals surface area (Å²) in [6.07, 6.45) is 0. The van der Waals surface area contributed by atoms with Gasteiger partial charge in [-0.05, 0) is 54.6 Å². The van der Waals surface area contributed by atoms with Crippen molar-refractivity contribution < 1.29 is 18.6 Å². The van der Waals surface area contributed by atoms with Crippen molar-refractivity contribution in [1.29, 1.82) is 0 Å². The predicted octanol–water partition coefficient (Wildman–Crippen LogP) is 6.57. The van der Waals surface area contributed by atoms with Crippen molar-refractivity contribution in [3.05, 3.63) is 99.8 Å². The Labute approximate surface area is 191 Å². The molecule has 3 aromatic carbocycles. The van der Waals surface area contributed by atoms with Crippen LogP contribution in [0.4, 0.5) is 11.4 Å². The highest BCUT2D eigenvalue weighted by Gasteiger charge is 2.19. The quantitative estimate of drug-likeness (QED) is 0.235. The fourth-order valence-electron chi connectivity index (χ4n) is 3.39. The van der Waals surface area contributed by atoms with Crippen molar-refractivity contribution in [2.45, 2.75) is 0 Å². The molecule has 1 amide bonds. The zero-order valence-electron chi connectivity index (χ0n) is 16.8. The van der Waals surface area contributed by atoms with Crippen molar-refractivity contribution in [3.63, 3.8) is 0 Å². The highest BCUT2D eigenvalue weighted by Crippen LogP contribution is 2.31. The maximum absolute atomic E-state index is 12.7. The van der Waals surface area contributed by atoms with E-state index in [1.165, 1.54) is 18.2 Å². The van der Waals surface area contributed by atoms with Gasteiger partial charge in [0.15, 0.2) is 11.3 Å². The number of hydrogen-bond acceptors (Lipinski definition) is 6. The minimum absolute atomic E-state index is 0.0186. The molecule has 8 nitrogen and oxygen atoms in total. The second kappa shape index (κ2) is 8.25. The van der Waals surface area contributed by atoms with Crippen molar-refractivity contribution in [1.82, 2.24) is 4.98 Å². The van der Waals surface area contributed by atoms with Gasteiger partial charge in [0.25, 0.3) is 11.6 Å². The number of halogens is 1. The predicted molar refractivity (Wildman–Crippen MR) is 123 cm³/mol. The number of furan rings is 1. The van der Waals surface area contributed by atoms with E-state index in [1.807, 2.05) is 6.07 Å². The molecule has 0 fully saturated rings. The Morgan fingerprint density at radius 3 is 2.67 bits per heavy atom. The van der Waals surface area contributed by atoms with Gasteiger partial charge in [0.2, 0.25) is 5.89 Å². The molecule has 0 radical (unpaired) electrons. The molecule has 1 N–H and O–H groups in total. The van der Waals surface area contributed by atoms with Crippen molar-refractivity contribution in [3.8, 4) is 22.8 Å². The highest BCUT2D eigenvalue weighted by molar-refractivity contribution is 6.31. The second-order valence-corrected chi connectivity index (χ2v) is 7.54. The van der Waals surface area contributed by atoms with E-state index in [9.17, 15) is 14.9 Å². The Morgan fingerprint density at radius 1 is 0.970 bits per heavy atom. The maximum Gasteiger partial charge on any atom is 0.291 e. The first-order valence-corrected chi connectivity index (χ1v) is 10.2. The maximum atomic E-state index is 12.7. The average Bonchev–Trinajstić information content (AvgIpc) is 3.46. The number of para-hydroxylation sites is 1. The number of fused-ring (bicyclic) bond motifs is 1. The lowest BCUT2D eigenvalue weighted by Gasteiger charge is -2.05. The number of anilines is 1. The molecule has 0 saturated carbocycles. The number of carbonyl (C=O) groups is 1. The summed E-state index contributed by atoms with van der Waals surface area (Å²) >= 11 is 6.01. The van der Waals surface area contributed by atoms with Crippen LogP contribution in [0.2, 0.25) is 5.02 Å². The first kappa shape index (κ1) is 20.5. The van der Waals surface area contributed by atoms with E-state index in [-0.39, 0.29) is 17.2 Å². The van der Waals surface area contributed by atoms with Crippen LogP contribution in [0.1, 0.15) is 10.6 Å². The number of benzene rings is 3. The number of carbonyl (C=O) groups excluding carboxylic acids is 1. The summed E-state index contributed by atoms with van der Waals surface area (Å²) in [5.74, 6) is 0.137. The minimum Gasteiger partial charge on any atom is -0.451 e. The van der Waals surface area contributed by atoms with Gasteiger partial charge in [0.1, 0.15) is 11.3 Å². The number of aromatic nitrogens is 1. The first-order chi connectivity index (χ1) is 16.0. The van der Waals surface area contributed by atoms with Gasteiger partial charge < -0.3 is 14.2 Å². The molecule has 0 atom stereocenters.